The van der Waals surface area contributed by atoms with Crippen molar-refractivity contribution in [3.8, 4) is 5.75 Å². The first-order valence-corrected chi connectivity index (χ1v) is 7.51. The van der Waals surface area contributed by atoms with Gasteiger partial charge in [-0.3, -0.25) is 4.79 Å². The first kappa shape index (κ1) is 20.6. The predicted molar refractivity (Wildman–Crippen MR) is 84.3 cm³/mol. The summed E-state index contributed by atoms with van der Waals surface area (Å²) in [5.74, 6) is -1.01. The molecule has 3 N–H and O–H groups in total. The Balaban J connectivity index is 2.81. The predicted octanol–water partition coefficient (Wildman–Crippen LogP) is 3.16. The molecular weight excluding hydrogens is 341 g/mol. The number of carbonyl (C=O) groups is 2. The molecule has 1 aromatic carbocycles. The monoisotopic (exact) mass is 362 g/mol. The molecule has 0 spiro atoms. The molecular formula is C16H21F3N2O4. The molecule has 2 amide bonds. The van der Waals surface area contributed by atoms with E-state index < -0.39 is 29.3 Å². The molecule has 140 valence electrons. The summed E-state index contributed by atoms with van der Waals surface area (Å²) >= 11 is 0. The average Bonchev–Trinajstić information content (AvgIpc) is 2.42. The number of carbonyl (C=O) groups excluding carboxylic acids is 1. The molecule has 0 heterocycles. The van der Waals surface area contributed by atoms with E-state index in [4.69, 9.17) is 9.84 Å². The van der Waals surface area contributed by atoms with Crippen LogP contribution in [0.25, 0.3) is 0 Å². The van der Waals surface area contributed by atoms with Crippen LogP contribution in [0.3, 0.4) is 0 Å². The fourth-order valence-electron chi connectivity index (χ4n) is 1.91. The van der Waals surface area contributed by atoms with Crippen LogP contribution in [0.1, 0.15) is 38.3 Å². The third-order valence-corrected chi connectivity index (χ3v) is 2.87. The second-order valence-corrected chi connectivity index (χ2v) is 6.28. The number of nitrogens with one attached hydrogen (secondary N) is 2. The van der Waals surface area contributed by atoms with Gasteiger partial charge < -0.3 is 20.5 Å². The Hall–Kier alpha value is -2.45. The van der Waals surface area contributed by atoms with Crippen LogP contribution < -0.4 is 15.4 Å². The average molecular weight is 362 g/mol. The quantitative estimate of drug-likeness (QED) is 0.725. The molecule has 0 unspecified atom stereocenters. The zero-order chi connectivity index (χ0) is 19.3. The molecule has 0 saturated carbocycles. The standard InChI is InChI=1S/C16H21F3N2O4/c1-15(2,3)25-11-5-4-10(12(8-11)16(17,18)19)9-21-14(24)20-7-6-13(22)23/h4-5,8H,6-7,9H2,1-3H3,(H,22,23)(H2,20,21,24). The minimum absolute atomic E-state index is 0.0782. The molecule has 0 radical (unpaired) electrons. The Bertz CT molecular complexity index is 625. The Morgan fingerprint density at radius 1 is 1.16 bits per heavy atom. The Morgan fingerprint density at radius 3 is 2.32 bits per heavy atom. The molecule has 0 aliphatic rings. The van der Waals surface area contributed by atoms with Crippen LogP contribution in [0, 0.1) is 0 Å². The van der Waals surface area contributed by atoms with Crippen LogP contribution in [-0.2, 0) is 17.5 Å². The lowest BCUT2D eigenvalue weighted by Crippen LogP contribution is -2.36. The van der Waals surface area contributed by atoms with E-state index in [1.165, 1.54) is 12.1 Å². The summed E-state index contributed by atoms with van der Waals surface area (Å²) in [4.78, 5) is 21.8. The maximum absolute atomic E-state index is 13.2. The number of amides is 2. The summed E-state index contributed by atoms with van der Waals surface area (Å²) < 4.78 is 45.1. The van der Waals surface area contributed by atoms with Gasteiger partial charge in [-0.05, 0) is 38.5 Å². The number of hydrogen-bond acceptors (Lipinski definition) is 3. The van der Waals surface area contributed by atoms with Crippen LogP contribution in [-0.4, -0.2) is 29.3 Å². The highest BCUT2D eigenvalue weighted by Gasteiger charge is 2.34. The first-order chi connectivity index (χ1) is 11.4. The van der Waals surface area contributed by atoms with E-state index in [2.05, 4.69) is 10.6 Å². The summed E-state index contributed by atoms with van der Waals surface area (Å²) in [5.41, 5.74) is -1.67. The van der Waals surface area contributed by atoms with Crippen LogP contribution in [0.4, 0.5) is 18.0 Å². The molecule has 0 atom stereocenters. The van der Waals surface area contributed by atoms with Crippen molar-refractivity contribution < 1.29 is 32.6 Å². The maximum Gasteiger partial charge on any atom is 0.416 e. The van der Waals surface area contributed by atoms with Gasteiger partial charge in [0, 0.05) is 13.1 Å². The van der Waals surface area contributed by atoms with Gasteiger partial charge in [-0.25, -0.2) is 4.79 Å². The second kappa shape index (κ2) is 8.09. The van der Waals surface area contributed by atoms with Crippen molar-refractivity contribution in [2.75, 3.05) is 6.54 Å². The van der Waals surface area contributed by atoms with Gasteiger partial charge in [0.05, 0.1) is 12.0 Å². The minimum atomic E-state index is -4.60. The lowest BCUT2D eigenvalue weighted by atomic mass is 10.1. The molecule has 0 aliphatic carbocycles. The first-order valence-electron chi connectivity index (χ1n) is 7.51. The van der Waals surface area contributed by atoms with Crippen molar-refractivity contribution >= 4 is 12.0 Å². The largest absolute Gasteiger partial charge is 0.488 e. The van der Waals surface area contributed by atoms with Crippen molar-refractivity contribution in [2.45, 2.75) is 45.5 Å². The third-order valence-electron chi connectivity index (χ3n) is 2.87. The van der Waals surface area contributed by atoms with E-state index in [1.54, 1.807) is 20.8 Å². The molecule has 0 saturated heterocycles. The summed E-state index contributed by atoms with van der Waals surface area (Å²) in [7, 11) is 0. The number of alkyl halides is 3. The molecule has 0 bridgehead atoms. The van der Waals surface area contributed by atoms with Crippen molar-refractivity contribution in [3.05, 3.63) is 29.3 Å². The Kier molecular flexibility index (Phi) is 6.66. The van der Waals surface area contributed by atoms with Gasteiger partial charge in [-0.15, -0.1) is 0 Å². The van der Waals surface area contributed by atoms with E-state index in [0.717, 1.165) is 6.07 Å². The maximum atomic E-state index is 13.2. The van der Waals surface area contributed by atoms with Gasteiger partial charge in [0.1, 0.15) is 11.4 Å². The van der Waals surface area contributed by atoms with Gasteiger partial charge in [-0.2, -0.15) is 13.2 Å². The van der Waals surface area contributed by atoms with Gasteiger partial charge >= 0.3 is 18.2 Å². The molecule has 25 heavy (non-hydrogen) atoms. The van der Waals surface area contributed by atoms with Crippen LogP contribution >= 0.6 is 0 Å². The van der Waals surface area contributed by atoms with Crippen LogP contribution in [0.15, 0.2) is 18.2 Å². The number of ether oxygens (including phenoxy) is 1. The van der Waals surface area contributed by atoms with Crippen molar-refractivity contribution in [1.82, 2.24) is 10.6 Å². The number of carboxylic acids is 1. The number of halogens is 3. The molecule has 0 fully saturated rings. The number of urea groups is 1. The van der Waals surface area contributed by atoms with E-state index >= 15 is 0 Å². The zero-order valence-electron chi connectivity index (χ0n) is 14.2. The summed E-state index contributed by atoms with van der Waals surface area (Å²) in [6.45, 7) is 4.68. The fourth-order valence-corrected chi connectivity index (χ4v) is 1.91. The minimum Gasteiger partial charge on any atom is -0.488 e. The summed E-state index contributed by atoms with van der Waals surface area (Å²) in [6.07, 6.45) is -4.88. The fraction of sp³-hybridized carbons (Fsp3) is 0.500. The smallest absolute Gasteiger partial charge is 0.416 e. The van der Waals surface area contributed by atoms with E-state index in [0.29, 0.717) is 0 Å². The zero-order valence-corrected chi connectivity index (χ0v) is 14.2. The SMILES string of the molecule is CC(C)(C)Oc1ccc(CNC(=O)NCCC(=O)O)c(C(F)(F)F)c1. The molecule has 6 nitrogen and oxygen atoms in total. The number of rotatable bonds is 6. The highest BCUT2D eigenvalue weighted by atomic mass is 19.4. The van der Waals surface area contributed by atoms with Gasteiger partial charge in [-0.1, -0.05) is 6.07 Å². The molecule has 9 heteroatoms. The normalized spacial score (nSPS) is 11.8. The van der Waals surface area contributed by atoms with E-state index in [1.807, 2.05) is 0 Å². The van der Waals surface area contributed by atoms with Crippen molar-refractivity contribution in [3.63, 3.8) is 0 Å². The second-order valence-electron chi connectivity index (χ2n) is 6.28. The van der Waals surface area contributed by atoms with E-state index in [-0.39, 0.29) is 30.8 Å². The van der Waals surface area contributed by atoms with E-state index in [9.17, 15) is 22.8 Å². The van der Waals surface area contributed by atoms with Gasteiger partial charge in [0.2, 0.25) is 0 Å². The van der Waals surface area contributed by atoms with Crippen molar-refractivity contribution in [2.24, 2.45) is 0 Å². The third kappa shape index (κ3) is 7.77. The number of hydrogen-bond donors (Lipinski definition) is 3. The highest BCUT2D eigenvalue weighted by molar-refractivity contribution is 5.75. The topological polar surface area (TPSA) is 87.7 Å². The lowest BCUT2D eigenvalue weighted by molar-refractivity contribution is -0.138. The lowest BCUT2D eigenvalue weighted by Gasteiger charge is -2.23. The number of aliphatic carboxylic acids is 1. The van der Waals surface area contributed by atoms with Crippen LogP contribution in [0.2, 0.25) is 0 Å². The van der Waals surface area contributed by atoms with Gasteiger partial charge in [0.25, 0.3) is 0 Å². The van der Waals surface area contributed by atoms with Crippen LogP contribution in [0.5, 0.6) is 5.75 Å². The molecule has 1 rings (SSSR count). The molecule has 1 aromatic rings. The Morgan fingerprint density at radius 2 is 1.80 bits per heavy atom. The van der Waals surface area contributed by atoms with Gasteiger partial charge in [0.15, 0.2) is 0 Å². The molecule has 0 aliphatic heterocycles. The highest BCUT2D eigenvalue weighted by Crippen LogP contribution is 2.35. The summed E-state index contributed by atoms with van der Waals surface area (Å²) in [5, 5.41) is 13.0. The van der Waals surface area contributed by atoms with Crippen molar-refractivity contribution in [1.29, 1.82) is 0 Å². The molecule has 0 aromatic heterocycles. The summed E-state index contributed by atoms with van der Waals surface area (Å²) in [6, 6.07) is 2.79. The Labute approximate surface area is 143 Å². The number of benzene rings is 1. The number of carboxylic acid groups (broad SMARTS) is 1.